The monoisotopic (exact) mass is 304 g/mol. The van der Waals surface area contributed by atoms with Crippen molar-refractivity contribution in [3.8, 4) is 0 Å². The van der Waals surface area contributed by atoms with Gasteiger partial charge in [0.1, 0.15) is 11.6 Å². The van der Waals surface area contributed by atoms with E-state index in [0.717, 1.165) is 0 Å². The normalized spacial score (nSPS) is 13.1. The Hall–Kier alpha value is -0.840. The minimum atomic E-state index is -0.458. The molecule has 0 saturated carbocycles. The summed E-state index contributed by atoms with van der Waals surface area (Å²) in [5.74, 6) is 0.484. The van der Waals surface area contributed by atoms with Gasteiger partial charge < -0.3 is 9.30 Å². The van der Waals surface area contributed by atoms with Gasteiger partial charge in [-0.15, -0.1) is 11.6 Å². The summed E-state index contributed by atoms with van der Waals surface area (Å²) < 4.78 is 21.0. The number of imidazole rings is 1. The molecule has 0 radical (unpaired) electrons. The Morgan fingerprint density at radius 2 is 2.21 bits per heavy atom. The Labute approximate surface area is 121 Å². The van der Waals surface area contributed by atoms with Crippen molar-refractivity contribution < 1.29 is 9.13 Å². The number of ether oxygens (including phenoxy) is 1. The van der Waals surface area contributed by atoms with E-state index in [2.05, 4.69) is 4.98 Å². The fourth-order valence-corrected chi connectivity index (χ4v) is 2.43. The molecule has 1 heterocycles. The zero-order valence-corrected chi connectivity index (χ0v) is 12.3. The smallest absolute Gasteiger partial charge is 0.144 e. The van der Waals surface area contributed by atoms with Gasteiger partial charge in [0, 0.05) is 12.7 Å². The molecule has 0 aliphatic heterocycles. The predicted octanol–water partition coefficient (Wildman–Crippen LogP) is 3.99. The molecule has 1 aromatic carbocycles. The van der Waals surface area contributed by atoms with Gasteiger partial charge in [0.05, 0.1) is 34.6 Å². The molecule has 0 bridgehead atoms. The van der Waals surface area contributed by atoms with Gasteiger partial charge >= 0.3 is 0 Å². The van der Waals surface area contributed by atoms with Gasteiger partial charge in [0.2, 0.25) is 0 Å². The van der Waals surface area contributed by atoms with Crippen LogP contribution in [0.3, 0.4) is 0 Å². The molecule has 0 fully saturated rings. The molecule has 1 atom stereocenters. The summed E-state index contributed by atoms with van der Waals surface area (Å²) in [5.41, 5.74) is 1.33. The van der Waals surface area contributed by atoms with Crippen LogP contribution in [0.15, 0.2) is 12.1 Å². The lowest BCUT2D eigenvalue weighted by Gasteiger charge is -2.14. The number of hydrogen-bond donors (Lipinski definition) is 0. The van der Waals surface area contributed by atoms with Crippen LogP contribution in [0.2, 0.25) is 5.02 Å². The predicted molar refractivity (Wildman–Crippen MR) is 75.3 cm³/mol. The number of alkyl halides is 1. The molecule has 0 amide bonds. The molecule has 0 spiro atoms. The van der Waals surface area contributed by atoms with Crippen molar-refractivity contribution in [2.45, 2.75) is 32.4 Å². The first-order chi connectivity index (χ1) is 9.06. The zero-order valence-electron chi connectivity index (χ0n) is 10.8. The van der Waals surface area contributed by atoms with E-state index < -0.39 is 5.82 Å². The summed E-state index contributed by atoms with van der Waals surface area (Å²) in [4.78, 5) is 4.37. The highest BCUT2D eigenvalue weighted by Gasteiger charge is 2.15. The summed E-state index contributed by atoms with van der Waals surface area (Å²) in [6, 6.07) is 2.91. The second kappa shape index (κ2) is 6.07. The molecule has 0 aliphatic carbocycles. The molecule has 6 heteroatoms. The van der Waals surface area contributed by atoms with Crippen molar-refractivity contribution >= 4 is 34.2 Å². The van der Waals surface area contributed by atoms with E-state index in [0.29, 0.717) is 30.0 Å². The van der Waals surface area contributed by atoms with Crippen LogP contribution in [0.4, 0.5) is 4.39 Å². The van der Waals surface area contributed by atoms with Crippen LogP contribution >= 0.6 is 23.2 Å². The summed E-state index contributed by atoms with van der Waals surface area (Å²) in [6.07, 6.45) is 0.00288. The number of rotatable bonds is 5. The highest BCUT2D eigenvalue weighted by molar-refractivity contribution is 6.31. The van der Waals surface area contributed by atoms with Gasteiger partial charge in [-0.05, 0) is 19.9 Å². The van der Waals surface area contributed by atoms with Crippen molar-refractivity contribution in [1.82, 2.24) is 9.55 Å². The van der Waals surface area contributed by atoms with Crippen LogP contribution < -0.4 is 0 Å². The molecule has 104 valence electrons. The van der Waals surface area contributed by atoms with E-state index in [9.17, 15) is 4.39 Å². The molecule has 1 unspecified atom stereocenters. The molecule has 19 heavy (non-hydrogen) atoms. The number of fused-ring (bicyclic) bond motifs is 1. The summed E-state index contributed by atoms with van der Waals surface area (Å²) in [7, 11) is 0. The second-order valence-corrected chi connectivity index (χ2v) is 4.97. The minimum absolute atomic E-state index is 0.00288. The highest BCUT2D eigenvalue weighted by atomic mass is 35.5. The lowest BCUT2D eigenvalue weighted by molar-refractivity contribution is 0.0643. The van der Waals surface area contributed by atoms with Gasteiger partial charge in [-0.25, -0.2) is 9.37 Å². The first kappa shape index (κ1) is 14.6. The number of benzene rings is 1. The molecular formula is C13H15Cl2FN2O. The lowest BCUT2D eigenvalue weighted by Crippen LogP contribution is -2.18. The highest BCUT2D eigenvalue weighted by Crippen LogP contribution is 2.25. The Balaban J connectivity index is 2.47. The van der Waals surface area contributed by atoms with Crippen LogP contribution in [0, 0.1) is 5.82 Å². The maximum atomic E-state index is 13.6. The minimum Gasteiger partial charge on any atom is -0.377 e. The lowest BCUT2D eigenvalue weighted by atomic mass is 10.3. The summed E-state index contributed by atoms with van der Waals surface area (Å²) in [5, 5.41) is 0.0659. The van der Waals surface area contributed by atoms with Crippen LogP contribution in [-0.2, 0) is 17.2 Å². The maximum Gasteiger partial charge on any atom is 0.144 e. The van der Waals surface area contributed by atoms with Crippen molar-refractivity contribution in [1.29, 1.82) is 0 Å². The topological polar surface area (TPSA) is 27.1 Å². The first-order valence-electron chi connectivity index (χ1n) is 6.08. The fourth-order valence-electron chi connectivity index (χ4n) is 2.07. The summed E-state index contributed by atoms with van der Waals surface area (Å²) >= 11 is 11.7. The fraction of sp³-hybridized carbons (Fsp3) is 0.462. The van der Waals surface area contributed by atoms with Crippen molar-refractivity contribution in [3.05, 3.63) is 28.8 Å². The Bertz CT molecular complexity index is 586. The Morgan fingerprint density at radius 3 is 2.84 bits per heavy atom. The third-order valence-corrected chi connectivity index (χ3v) is 3.41. The van der Waals surface area contributed by atoms with E-state index in [-0.39, 0.29) is 17.0 Å². The van der Waals surface area contributed by atoms with E-state index in [1.54, 1.807) is 0 Å². The SMILES string of the molecule is CCOC(C)Cn1c(CCl)nc2cc(Cl)c(F)cc21. The standard InChI is InChI=1S/C13H15Cl2FN2O/c1-3-19-8(2)7-18-12-5-10(16)9(15)4-11(12)17-13(18)6-14/h4-5,8H,3,6-7H2,1-2H3. The van der Waals surface area contributed by atoms with Gasteiger partial charge in [-0.2, -0.15) is 0 Å². The molecule has 3 nitrogen and oxygen atoms in total. The van der Waals surface area contributed by atoms with Crippen molar-refractivity contribution in [2.75, 3.05) is 6.61 Å². The number of halogens is 3. The van der Waals surface area contributed by atoms with Crippen LogP contribution in [0.5, 0.6) is 0 Å². The molecule has 2 rings (SSSR count). The molecule has 0 aliphatic rings. The average Bonchev–Trinajstić information content (AvgIpc) is 2.68. The first-order valence-corrected chi connectivity index (χ1v) is 6.99. The molecular weight excluding hydrogens is 290 g/mol. The average molecular weight is 305 g/mol. The second-order valence-electron chi connectivity index (χ2n) is 4.29. The third-order valence-electron chi connectivity index (χ3n) is 2.88. The number of hydrogen-bond acceptors (Lipinski definition) is 2. The molecule has 0 N–H and O–H groups in total. The molecule has 1 aromatic heterocycles. The Morgan fingerprint density at radius 1 is 1.47 bits per heavy atom. The Kier molecular flexibility index (Phi) is 4.66. The van der Waals surface area contributed by atoms with E-state index in [1.807, 2.05) is 18.4 Å². The van der Waals surface area contributed by atoms with Crippen LogP contribution in [0.1, 0.15) is 19.7 Å². The van der Waals surface area contributed by atoms with E-state index >= 15 is 0 Å². The molecule has 2 aromatic rings. The number of nitrogens with zero attached hydrogens (tertiary/aromatic N) is 2. The van der Waals surface area contributed by atoms with E-state index in [1.165, 1.54) is 12.1 Å². The van der Waals surface area contributed by atoms with Gasteiger partial charge in [-0.3, -0.25) is 0 Å². The number of aromatic nitrogens is 2. The largest absolute Gasteiger partial charge is 0.377 e. The van der Waals surface area contributed by atoms with Gasteiger partial charge in [0.15, 0.2) is 0 Å². The van der Waals surface area contributed by atoms with Crippen molar-refractivity contribution in [2.24, 2.45) is 0 Å². The van der Waals surface area contributed by atoms with Crippen molar-refractivity contribution in [3.63, 3.8) is 0 Å². The van der Waals surface area contributed by atoms with Gasteiger partial charge in [0.25, 0.3) is 0 Å². The summed E-state index contributed by atoms with van der Waals surface area (Å²) in [6.45, 7) is 5.10. The zero-order chi connectivity index (χ0) is 14.0. The molecule has 0 saturated heterocycles. The van der Waals surface area contributed by atoms with E-state index in [4.69, 9.17) is 27.9 Å². The third kappa shape index (κ3) is 3.02. The maximum absolute atomic E-state index is 13.6. The van der Waals surface area contributed by atoms with Gasteiger partial charge in [-0.1, -0.05) is 11.6 Å². The quantitative estimate of drug-likeness (QED) is 0.781. The van der Waals surface area contributed by atoms with Crippen LogP contribution in [-0.4, -0.2) is 22.3 Å². The van der Waals surface area contributed by atoms with Crippen LogP contribution in [0.25, 0.3) is 11.0 Å².